The van der Waals surface area contributed by atoms with Crippen molar-refractivity contribution in [1.82, 2.24) is 10.2 Å². The summed E-state index contributed by atoms with van der Waals surface area (Å²) in [5.74, 6) is -0.113. The van der Waals surface area contributed by atoms with E-state index < -0.39 is 0 Å². The molecule has 22 heavy (non-hydrogen) atoms. The summed E-state index contributed by atoms with van der Waals surface area (Å²) in [6, 6.07) is 9.41. The van der Waals surface area contributed by atoms with Crippen LogP contribution in [0.1, 0.15) is 22.1 Å². The molecule has 1 aliphatic heterocycles. The van der Waals surface area contributed by atoms with E-state index in [0.717, 1.165) is 11.3 Å². The Morgan fingerprint density at radius 2 is 2.09 bits per heavy atom. The van der Waals surface area contributed by atoms with Crippen LogP contribution in [0.15, 0.2) is 41.1 Å². The molecule has 0 saturated heterocycles. The Balaban J connectivity index is 2.11. The molecule has 1 atom stereocenters. The Kier molecular flexibility index (Phi) is 3.85. The zero-order chi connectivity index (χ0) is 15.7. The number of para-hydroxylation sites is 1. The predicted octanol–water partition coefficient (Wildman–Crippen LogP) is 2.08. The number of hydrogen-bond acceptors (Lipinski definition) is 4. The second kappa shape index (κ2) is 5.81. The first-order valence-corrected chi connectivity index (χ1v) is 7.93. The van der Waals surface area contributed by atoms with Gasteiger partial charge in [-0.25, -0.2) is 0 Å². The molecule has 6 heteroatoms. The van der Waals surface area contributed by atoms with Crippen molar-refractivity contribution in [3.05, 3.63) is 52.2 Å². The Hall–Kier alpha value is -2.34. The summed E-state index contributed by atoms with van der Waals surface area (Å²) in [6.07, 6.45) is -0.272. The number of thiophene rings is 1. The van der Waals surface area contributed by atoms with Gasteiger partial charge in [-0.05, 0) is 29.0 Å². The third-order valence-electron chi connectivity index (χ3n) is 3.86. The first-order valence-electron chi connectivity index (χ1n) is 6.99. The van der Waals surface area contributed by atoms with Gasteiger partial charge in [-0.3, -0.25) is 9.59 Å². The lowest BCUT2D eigenvalue weighted by Crippen LogP contribution is -2.50. The maximum Gasteiger partial charge on any atom is 0.257 e. The van der Waals surface area contributed by atoms with E-state index in [4.69, 9.17) is 0 Å². The van der Waals surface area contributed by atoms with Crippen LogP contribution in [0.25, 0.3) is 0 Å². The third-order valence-corrected chi connectivity index (χ3v) is 4.56. The van der Waals surface area contributed by atoms with Crippen LogP contribution in [0.5, 0.6) is 0 Å². The van der Waals surface area contributed by atoms with Crippen LogP contribution in [0.3, 0.4) is 0 Å². The molecule has 0 saturated carbocycles. The highest BCUT2D eigenvalue weighted by Crippen LogP contribution is 2.38. The van der Waals surface area contributed by atoms with Gasteiger partial charge in [-0.2, -0.15) is 11.3 Å². The number of fused-ring (bicyclic) bond motifs is 1. The van der Waals surface area contributed by atoms with Gasteiger partial charge in [0.15, 0.2) is 0 Å². The first kappa shape index (κ1) is 14.6. The summed E-state index contributed by atoms with van der Waals surface area (Å²) in [6.45, 7) is 0.200. The summed E-state index contributed by atoms with van der Waals surface area (Å²) < 4.78 is 0. The normalized spacial score (nSPS) is 17.4. The van der Waals surface area contributed by atoms with Crippen LogP contribution >= 0.6 is 11.3 Å². The van der Waals surface area contributed by atoms with Gasteiger partial charge in [0.05, 0.1) is 17.8 Å². The van der Waals surface area contributed by atoms with Gasteiger partial charge in [0.2, 0.25) is 5.91 Å². The summed E-state index contributed by atoms with van der Waals surface area (Å²) >= 11 is 1.58. The van der Waals surface area contributed by atoms with Gasteiger partial charge in [-0.1, -0.05) is 12.1 Å². The lowest BCUT2D eigenvalue weighted by molar-refractivity contribution is -0.119. The highest BCUT2D eigenvalue weighted by Gasteiger charge is 2.37. The van der Waals surface area contributed by atoms with E-state index in [1.54, 1.807) is 36.4 Å². The molecule has 2 heterocycles. The minimum Gasteiger partial charge on any atom is -0.358 e. The van der Waals surface area contributed by atoms with Crippen molar-refractivity contribution in [2.24, 2.45) is 0 Å². The smallest absolute Gasteiger partial charge is 0.257 e. The fourth-order valence-corrected chi connectivity index (χ4v) is 3.45. The van der Waals surface area contributed by atoms with E-state index in [2.05, 4.69) is 5.32 Å². The SMILES string of the molecule is CNC(=O)CN1c2ccccc2C(=O)N(C)[C@@H]1c1ccsc1. The minimum atomic E-state index is -0.272. The van der Waals surface area contributed by atoms with Crippen LogP contribution in [-0.4, -0.2) is 37.4 Å². The van der Waals surface area contributed by atoms with Crippen molar-refractivity contribution in [3.8, 4) is 0 Å². The number of nitrogens with one attached hydrogen (secondary N) is 1. The zero-order valence-electron chi connectivity index (χ0n) is 12.4. The van der Waals surface area contributed by atoms with Crippen LogP contribution < -0.4 is 10.2 Å². The molecular weight excluding hydrogens is 298 g/mol. The molecule has 0 fully saturated rings. The quantitative estimate of drug-likeness (QED) is 0.943. The van der Waals surface area contributed by atoms with E-state index in [9.17, 15) is 9.59 Å². The molecule has 0 unspecified atom stereocenters. The number of nitrogens with zero attached hydrogens (tertiary/aromatic N) is 2. The highest BCUT2D eigenvalue weighted by atomic mass is 32.1. The molecular formula is C16H17N3O2S. The highest BCUT2D eigenvalue weighted by molar-refractivity contribution is 7.08. The Bertz CT molecular complexity index is 699. The summed E-state index contributed by atoms with van der Waals surface area (Å²) in [5, 5.41) is 6.65. The number of likely N-dealkylation sites (N-methyl/N-ethyl adjacent to an activating group) is 1. The van der Waals surface area contributed by atoms with E-state index in [-0.39, 0.29) is 24.5 Å². The number of hydrogen-bond donors (Lipinski definition) is 1. The monoisotopic (exact) mass is 315 g/mol. The number of benzene rings is 1. The number of carbonyl (C=O) groups is 2. The van der Waals surface area contributed by atoms with E-state index in [1.807, 2.05) is 39.9 Å². The van der Waals surface area contributed by atoms with E-state index >= 15 is 0 Å². The average Bonchev–Trinajstić information content (AvgIpc) is 3.06. The van der Waals surface area contributed by atoms with Crippen molar-refractivity contribution in [1.29, 1.82) is 0 Å². The number of rotatable bonds is 3. The second-order valence-corrected chi connectivity index (χ2v) is 5.94. The van der Waals surface area contributed by atoms with Crippen molar-refractivity contribution >= 4 is 28.8 Å². The maximum absolute atomic E-state index is 12.6. The molecule has 1 N–H and O–H groups in total. The molecule has 3 rings (SSSR count). The third kappa shape index (κ3) is 2.35. The molecule has 2 aromatic rings. The molecule has 1 aromatic carbocycles. The van der Waals surface area contributed by atoms with Crippen molar-refractivity contribution < 1.29 is 9.59 Å². The van der Waals surface area contributed by atoms with Crippen LogP contribution in [-0.2, 0) is 4.79 Å². The number of amides is 2. The molecule has 0 spiro atoms. The van der Waals surface area contributed by atoms with Crippen molar-refractivity contribution in [2.75, 3.05) is 25.5 Å². The van der Waals surface area contributed by atoms with Crippen LogP contribution in [0.2, 0.25) is 0 Å². The van der Waals surface area contributed by atoms with Gasteiger partial charge in [0.25, 0.3) is 5.91 Å². The molecule has 0 aliphatic carbocycles. The Morgan fingerprint density at radius 1 is 1.32 bits per heavy atom. The minimum absolute atomic E-state index is 0.0278. The zero-order valence-corrected chi connectivity index (χ0v) is 13.3. The standard InChI is InChI=1S/C16H17N3O2S/c1-17-14(20)9-19-13-6-4-3-5-12(13)16(21)18(2)15(19)11-7-8-22-10-11/h3-8,10,15H,9H2,1-2H3,(H,17,20)/t15-/m0/s1. The molecule has 114 valence electrons. The fourth-order valence-electron chi connectivity index (χ4n) is 2.78. The lowest BCUT2D eigenvalue weighted by Gasteiger charge is -2.43. The van der Waals surface area contributed by atoms with Gasteiger partial charge < -0.3 is 15.1 Å². The molecule has 5 nitrogen and oxygen atoms in total. The summed E-state index contributed by atoms with van der Waals surface area (Å²) in [4.78, 5) is 28.2. The number of anilines is 1. The molecule has 2 amide bonds. The lowest BCUT2D eigenvalue weighted by atomic mass is 10.0. The second-order valence-electron chi connectivity index (χ2n) is 5.16. The Labute approximate surface area is 133 Å². The topological polar surface area (TPSA) is 52.7 Å². The predicted molar refractivity (Wildman–Crippen MR) is 87.0 cm³/mol. The van der Waals surface area contributed by atoms with Gasteiger partial charge in [-0.15, -0.1) is 0 Å². The van der Waals surface area contributed by atoms with Crippen molar-refractivity contribution in [3.63, 3.8) is 0 Å². The van der Waals surface area contributed by atoms with E-state index in [1.165, 1.54) is 0 Å². The van der Waals surface area contributed by atoms with Gasteiger partial charge in [0.1, 0.15) is 6.17 Å². The summed E-state index contributed by atoms with van der Waals surface area (Å²) in [5.41, 5.74) is 2.44. The fraction of sp³-hybridized carbons (Fsp3) is 0.250. The van der Waals surface area contributed by atoms with Crippen molar-refractivity contribution in [2.45, 2.75) is 6.17 Å². The largest absolute Gasteiger partial charge is 0.358 e. The molecule has 1 aliphatic rings. The Morgan fingerprint density at radius 3 is 2.77 bits per heavy atom. The van der Waals surface area contributed by atoms with E-state index in [0.29, 0.717) is 5.56 Å². The van der Waals surface area contributed by atoms with Gasteiger partial charge >= 0.3 is 0 Å². The number of carbonyl (C=O) groups excluding carboxylic acids is 2. The maximum atomic E-state index is 12.6. The molecule has 0 radical (unpaired) electrons. The summed E-state index contributed by atoms with van der Waals surface area (Å²) in [7, 11) is 3.39. The average molecular weight is 315 g/mol. The van der Waals surface area contributed by atoms with Crippen LogP contribution in [0, 0.1) is 0 Å². The molecule has 1 aromatic heterocycles. The van der Waals surface area contributed by atoms with Gasteiger partial charge in [0, 0.05) is 19.7 Å². The van der Waals surface area contributed by atoms with Crippen LogP contribution in [0.4, 0.5) is 5.69 Å². The first-order chi connectivity index (χ1) is 10.6. The molecule has 0 bridgehead atoms.